The number of anilines is 1. The Kier molecular flexibility index (Phi) is 5.69. The third-order valence-electron chi connectivity index (χ3n) is 3.86. The monoisotopic (exact) mass is 296 g/mol. The number of carbonyl (C=O) groups is 2. The van der Waals surface area contributed by atoms with Crippen molar-refractivity contribution in [1.29, 1.82) is 0 Å². The number of aliphatic carboxylic acids is 1. The number of carboxylic acid groups (broad SMARTS) is 1. The molecule has 0 spiro atoms. The zero-order valence-electron chi connectivity index (χ0n) is 12.5. The molecule has 1 rings (SSSR count). The van der Waals surface area contributed by atoms with Gasteiger partial charge in [-0.2, -0.15) is 0 Å². The third-order valence-corrected chi connectivity index (χ3v) is 3.86. The van der Waals surface area contributed by atoms with Gasteiger partial charge in [-0.05, 0) is 31.4 Å². The highest BCUT2D eigenvalue weighted by molar-refractivity contribution is 5.90. The standard InChI is InChI=1S/C15H21FN2O3/c1-4-15(5-2,13(19)20)9-17-14(21)18-12-10(3)7-6-8-11(12)16/h6-8H,4-5,9H2,1-3H3,(H,19,20)(H2,17,18,21). The van der Waals surface area contributed by atoms with Gasteiger partial charge in [0.1, 0.15) is 5.82 Å². The van der Waals surface area contributed by atoms with Gasteiger partial charge in [0.05, 0.1) is 11.1 Å². The van der Waals surface area contributed by atoms with Crippen LogP contribution in [0.2, 0.25) is 0 Å². The van der Waals surface area contributed by atoms with E-state index in [4.69, 9.17) is 0 Å². The van der Waals surface area contributed by atoms with Gasteiger partial charge in [0.2, 0.25) is 0 Å². The van der Waals surface area contributed by atoms with Gasteiger partial charge < -0.3 is 15.7 Å². The minimum atomic E-state index is -0.998. The highest BCUT2D eigenvalue weighted by atomic mass is 19.1. The number of hydrogen-bond donors (Lipinski definition) is 3. The van der Waals surface area contributed by atoms with Gasteiger partial charge in [-0.3, -0.25) is 4.79 Å². The lowest BCUT2D eigenvalue weighted by Crippen LogP contribution is -2.43. The molecule has 0 saturated carbocycles. The number of nitrogens with one attached hydrogen (secondary N) is 2. The maximum absolute atomic E-state index is 13.6. The number of aryl methyl sites for hydroxylation is 1. The summed E-state index contributed by atoms with van der Waals surface area (Å²) in [6.07, 6.45) is 0.801. The number of amides is 2. The quantitative estimate of drug-likeness (QED) is 0.754. The van der Waals surface area contributed by atoms with Crippen molar-refractivity contribution in [3.8, 4) is 0 Å². The average Bonchev–Trinajstić information content (AvgIpc) is 2.44. The van der Waals surface area contributed by atoms with Crippen LogP contribution in [0.15, 0.2) is 18.2 Å². The Morgan fingerprint density at radius 2 is 1.90 bits per heavy atom. The van der Waals surface area contributed by atoms with Crippen LogP contribution in [-0.4, -0.2) is 23.7 Å². The zero-order chi connectivity index (χ0) is 16.0. The molecule has 21 heavy (non-hydrogen) atoms. The van der Waals surface area contributed by atoms with E-state index >= 15 is 0 Å². The molecule has 0 atom stereocenters. The van der Waals surface area contributed by atoms with E-state index in [2.05, 4.69) is 10.6 Å². The number of hydrogen-bond acceptors (Lipinski definition) is 2. The molecule has 3 N–H and O–H groups in total. The summed E-state index contributed by atoms with van der Waals surface area (Å²) in [7, 11) is 0. The summed E-state index contributed by atoms with van der Waals surface area (Å²) >= 11 is 0. The van der Waals surface area contributed by atoms with Crippen molar-refractivity contribution in [2.45, 2.75) is 33.6 Å². The Morgan fingerprint density at radius 1 is 1.29 bits per heavy atom. The topological polar surface area (TPSA) is 78.4 Å². The molecular formula is C15H21FN2O3. The van der Waals surface area contributed by atoms with Crippen molar-refractivity contribution in [3.63, 3.8) is 0 Å². The number of para-hydroxylation sites is 1. The van der Waals surface area contributed by atoms with Crippen molar-refractivity contribution >= 4 is 17.7 Å². The number of carbonyl (C=O) groups excluding carboxylic acids is 1. The molecule has 2 amide bonds. The van der Waals surface area contributed by atoms with Crippen LogP contribution >= 0.6 is 0 Å². The molecule has 0 radical (unpaired) electrons. The molecule has 5 nitrogen and oxygen atoms in total. The molecule has 1 aromatic carbocycles. The lowest BCUT2D eigenvalue weighted by Gasteiger charge is -2.26. The minimum absolute atomic E-state index is 0.00529. The van der Waals surface area contributed by atoms with Gasteiger partial charge in [-0.1, -0.05) is 26.0 Å². The molecule has 0 saturated heterocycles. The predicted molar refractivity (Wildman–Crippen MR) is 78.8 cm³/mol. The van der Waals surface area contributed by atoms with E-state index in [0.717, 1.165) is 0 Å². The SMILES string of the molecule is CCC(CC)(CNC(=O)Nc1c(C)cccc1F)C(=O)O. The van der Waals surface area contributed by atoms with Crippen LogP contribution in [0.3, 0.4) is 0 Å². The smallest absolute Gasteiger partial charge is 0.319 e. The Bertz CT molecular complexity index is 507. The summed E-state index contributed by atoms with van der Waals surface area (Å²) in [6.45, 7) is 5.20. The molecule has 0 aliphatic rings. The molecule has 0 aromatic heterocycles. The maximum Gasteiger partial charge on any atom is 0.319 e. The van der Waals surface area contributed by atoms with Crippen LogP contribution in [-0.2, 0) is 4.79 Å². The number of urea groups is 1. The largest absolute Gasteiger partial charge is 0.481 e. The van der Waals surface area contributed by atoms with E-state index in [1.807, 2.05) is 0 Å². The summed E-state index contributed by atoms with van der Waals surface area (Å²) in [5, 5.41) is 14.2. The molecule has 0 bridgehead atoms. The van der Waals surface area contributed by atoms with E-state index < -0.39 is 23.2 Å². The average molecular weight is 296 g/mol. The van der Waals surface area contributed by atoms with Crippen molar-refractivity contribution in [2.24, 2.45) is 5.41 Å². The Balaban J connectivity index is 2.72. The molecule has 0 heterocycles. The Labute approximate surface area is 123 Å². The molecule has 6 heteroatoms. The van der Waals surface area contributed by atoms with Crippen LogP contribution in [0.25, 0.3) is 0 Å². The van der Waals surface area contributed by atoms with Gasteiger partial charge in [0, 0.05) is 6.54 Å². The first-order valence-corrected chi connectivity index (χ1v) is 6.89. The lowest BCUT2D eigenvalue weighted by molar-refractivity contribution is -0.149. The number of carboxylic acids is 1. The lowest BCUT2D eigenvalue weighted by atomic mass is 9.82. The molecular weight excluding hydrogens is 275 g/mol. The van der Waals surface area contributed by atoms with E-state index in [9.17, 15) is 19.1 Å². The van der Waals surface area contributed by atoms with Crippen LogP contribution in [0, 0.1) is 18.2 Å². The van der Waals surface area contributed by atoms with E-state index in [-0.39, 0.29) is 12.2 Å². The van der Waals surface area contributed by atoms with Gasteiger partial charge in [-0.25, -0.2) is 9.18 Å². The summed E-state index contributed by atoms with van der Waals surface area (Å²) in [6, 6.07) is 3.87. The minimum Gasteiger partial charge on any atom is -0.481 e. The summed E-state index contributed by atoms with van der Waals surface area (Å²) in [4.78, 5) is 23.2. The summed E-state index contributed by atoms with van der Waals surface area (Å²) < 4.78 is 13.6. The van der Waals surface area contributed by atoms with Gasteiger partial charge in [0.25, 0.3) is 0 Å². The van der Waals surface area contributed by atoms with Crippen LogP contribution in [0.5, 0.6) is 0 Å². The fourth-order valence-corrected chi connectivity index (χ4v) is 2.08. The van der Waals surface area contributed by atoms with Crippen molar-refractivity contribution in [2.75, 3.05) is 11.9 Å². The number of benzene rings is 1. The second kappa shape index (κ2) is 7.06. The first-order chi connectivity index (χ1) is 9.86. The molecule has 0 aliphatic carbocycles. The molecule has 0 aliphatic heterocycles. The van der Waals surface area contributed by atoms with Crippen LogP contribution in [0.1, 0.15) is 32.3 Å². The highest BCUT2D eigenvalue weighted by Gasteiger charge is 2.35. The van der Waals surface area contributed by atoms with E-state index in [1.54, 1.807) is 32.9 Å². The fraction of sp³-hybridized carbons (Fsp3) is 0.467. The first-order valence-electron chi connectivity index (χ1n) is 6.89. The van der Waals surface area contributed by atoms with Crippen molar-refractivity contribution < 1.29 is 19.1 Å². The maximum atomic E-state index is 13.6. The summed E-state index contributed by atoms with van der Waals surface area (Å²) in [5.74, 6) is -1.48. The van der Waals surface area contributed by atoms with E-state index in [1.165, 1.54) is 6.07 Å². The molecule has 116 valence electrons. The second-order valence-electron chi connectivity index (χ2n) is 5.03. The van der Waals surface area contributed by atoms with Gasteiger partial charge >= 0.3 is 12.0 Å². The molecule has 0 unspecified atom stereocenters. The normalized spacial score (nSPS) is 11.0. The predicted octanol–water partition coefficient (Wildman–Crippen LogP) is 3.15. The number of halogens is 1. The zero-order valence-corrected chi connectivity index (χ0v) is 12.5. The van der Waals surface area contributed by atoms with E-state index in [0.29, 0.717) is 18.4 Å². The van der Waals surface area contributed by atoms with Gasteiger partial charge in [0.15, 0.2) is 0 Å². The molecule has 1 aromatic rings. The number of rotatable bonds is 6. The van der Waals surface area contributed by atoms with Crippen molar-refractivity contribution in [1.82, 2.24) is 5.32 Å². The fourth-order valence-electron chi connectivity index (χ4n) is 2.08. The molecule has 0 fully saturated rings. The third kappa shape index (κ3) is 3.93. The summed E-state index contributed by atoms with van der Waals surface area (Å²) in [5.41, 5.74) is -0.300. The second-order valence-corrected chi connectivity index (χ2v) is 5.03. The highest BCUT2D eigenvalue weighted by Crippen LogP contribution is 2.26. The van der Waals surface area contributed by atoms with Crippen LogP contribution in [0.4, 0.5) is 14.9 Å². The Morgan fingerprint density at radius 3 is 2.38 bits per heavy atom. The first kappa shape index (κ1) is 16.9. The Hall–Kier alpha value is -2.11. The van der Waals surface area contributed by atoms with Crippen LogP contribution < -0.4 is 10.6 Å². The van der Waals surface area contributed by atoms with Crippen molar-refractivity contribution in [3.05, 3.63) is 29.6 Å². The van der Waals surface area contributed by atoms with Gasteiger partial charge in [-0.15, -0.1) is 0 Å².